The van der Waals surface area contributed by atoms with Gasteiger partial charge in [-0.3, -0.25) is 9.80 Å². The van der Waals surface area contributed by atoms with E-state index in [1.807, 2.05) is 13.8 Å². The van der Waals surface area contributed by atoms with Crippen LogP contribution in [0.15, 0.2) is 0 Å². The lowest BCUT2D eigenvalue weighted by atomic mass is 10.0. The van der Waals surface area contributed by atoms with Crippen molar-refractivity contribution in [3.05, 3.63) is 0 Å². The van der Waals surface area contributed by atoms with Crippen molar-refractivity contribution in [2.24, 2.45) is 11.8 Å². The number of rotatable bonds is 8. The molecular formula is C22H48N2O2. The smallest absolute Gasteiger partial charge is 0.0620 e. The Hall–Kier alpha value is -0.160. The molecule has 0 radical (unpaired) electrons. The molecule has 26 heavy (non-hydrogen) atoms. The monoisotopic (exact) mass is 372 g/mol. The van der Waals surface area contributed by atoms with Gasteiger partial charge in [-0.25, -0.2) is 0 Å². The minimum absolute atomic E-state index is 0.637. The van der Waals surface area contributed by atoms with Crippen LogP contribution < -0.4 is 0 Å². The predicted octanol–water partition coefficient (Wildman–Crippen LogP) is 4.53. The molecule has 0 aromatic rings. The lowest BCUT2D eigenvalue weighted by Gasteiger charge is -2.29. The molecule has 2 fully saturated rings. The van der Waals surface area contributed by atoms with Gasteiger partial charge >= 0.3 is 0 Å². The van der Waals surface area contributed by atoms with Gasteiger partial charge in [0, 0.05) is 26.3 Å². The highest BCUT2D eigenvalue weighted by molar-refractivity contribution is 4.79. The first-order chi connectivity index (χ1) is 12.5. The van der Waals surface area contributed by atoms with E-state index >= 15 is 0 Å². The largest absolute Gasteiger partial charge is 0.383 e. The second kappa shape index (κ2) is 15.9. The van der Waals surface area contributed by atoms with Crippen molar-refractivity contribution < 1.29 is 9.47 Å². The maximum absolute atomic E-state index is 5.24. The zero-order valence-electron chi connectivity index (χ0n) is 19.1. The number of hydrogen-bond donors (Lipinski definition) is 0. The zero-order chi connectivity index (χ0) is 19.9. The second-order valence-electron chi connectivity index (χ2n) is 8.02. The Bertz CT molecular complexity index is 269. The molecule has 0 N–H and O–H groups in total. The van der Waals surface area contributed by atoms with Gasteiger partial charge in [0.25, 0.3) is 0 Å². The maximum atomic E-state index is 5.24. The number of methoxy groups -OCH3 is 2. The Morgan fingerprint density at radius 2 is 0.885 bits per heavy atom. The minimum atomic E-state index is 0.637. The molecule has 0 aromatic carbocycles. The molecule has 0 unspecified atom stereocenters. The molecule has 4 nitrogen and oxygen atoms in total. The van der Waals surface area contributed by atoms with Gasteiger partial charge in [0.05, 0.1) is 13.2 Å². The number of hydrogen-bond acceptors (Lipinski definition) is 4. The molecule has 2 saturated heterocycles. The van der Waals surface area contributed by atoms with Crippen LogP contribution in [0.4, 0.5) is 0 Å². The van der Waals surface area contributed by atoms with Gasteiger partial charge in [0.15, 0.2) is 0 Å². The van der Waals surface area contributed by atoms with Gasteiger partial charge in [0.1, 0.15) is 0 Å². The van der Waals surface area contributed by atoms with Crippen molar-refractivity contribution in [2.45, 2.75) is 79.3 Å². The highest BCUT2D eigenvalue weighted by Gasteiger charge is 2.24. The summed E-state index contributed by atoms with van der Waals surface area (Å²) in [5, 5.41) is 0. The lowest BCUT2D eigenvalue weighted by molar-refractivity contribution is 0.0792. The normalized spacial score (nSPS) is 20.5. The van der Waals surface area contributed by atoms with Gasteiger partial charge in [-0.05, 0) is 63.7 Å². The summed E-state index contributed by atoms with van der Waals surface area (Å²) in [7, 11) is 3.59. The highest BCUT2D eigenvalue weighted by atomic mass is 16.5. The average molecular weight is 373 g/mol. The Labute approximate surface area is 164 Å². The molecule has 2 aliphatic heterocycles. The Morgan fingerprint density at radius 1 is 0.615 bits per heavy atom. The van der Waals surface area contributed by atoms with Gasteiger partial charge < -0.3 is 9.47 Å². The molecule has 0 saturated carbocycles. The van der Waals surface area contributed by atoms with E-state index in [0.717, 1.165) is 13.2 Å². The van der Waals surface area contributed by atoms with E-state index in [1.165, 1.54) is 51.9 Å². The molecule has 4 heteroatoms. The minimum Gasteiger partial charge on any atom is -0.383 e. The summed E-state index contributed by atoms with van der Waals surface area (Å²) in [5.74, 6) is 1.42. The fourth-order valence-electron chi connectivity index (χ4n) is 3.93. The molecule has 0 amide bonds. The van der Waals surface area contributed by atoms with Crippen LogP contribution in [0.1, 0.15) is 67.2 Å². The standard InChI is InChI=1S/2C10H21NO.C2H6/c2*1-9(2)10(8-12-3)11-6-4-5-7-11;1-2/h2*9-10H,4-8H2,1-3H3;1-2H3/t2*10-;/m10./s1. The van der Waals surface area contributed by atoms with Crippen LogP contribution in [-0.2, 0) is 9.47 Å². The third-order valence-corrected chi connectivity index (χ3v) is 5.43. The average Bonchev–Trinajstić information content (AvgIpc) is 3.33. The first-order valence-corrected chi connectivity index (χ1v) is 11.0. The predicted molar refractivity (Wildman–Crippen MR) is 114 cm³/mol. The summed E-state index contributed by atoms with van der Waals surface area (Å²) < 4.78 is 10.5. The van der Waals surface area contributed by atoms with Crippen LogP contribution in [-0.4, -0.2) is 75.5 Å². The Morgan fingerprint density at radius 3 is 1.08 bits per heavy atom. The topological polar surface area (TPSA) is 24.9 Å². The van der Waals surface area contributed by atoms with Gasteiger partial charge in [-0.2, -0.15) is 0 Å². The molecule has 0 aromatic heterocycles. The highest BCUT2D eigenvalue weighted by Crippen LogP contribution is 2.18. The van der Waals surface area contributed by atoms with Crippen LogP contribution >= 0.6 is 0 Å². The van der Waals surface area contributed by atoms with Gasteiger partial charge in [0.2, 0.25) is 0 Å². The zero-order valence-corrected chi connectivity index (χ0v) is 19.1. The van der Waals surface area contributed by atoms with Crippen molar-refractivity contribution in [1.29, 1.82) is 0 Å². The third-order valence-electron chi connectivity index (χ3n) is 5.43. The number of likely N-dealkylation sites (tertiary alicyclic amines) is 2. The van der Waals surface area contributed by atoms with E-state index in [9.17, 15) is 0 Å². The van der Waals surface area contributed by atoms with E-state index in [1.54, 1.807) is 14.2 Å². The van der Waals surface area contributed by atoms with E-state index in [2.05, 4.69) is 37.5 Å². The molecule has 2 aliphatic rings. The summed E-state index contributed by atoms with van der Waals surface area (Å²) in [6, 6.07) is 1.27. The maximum Gasteiger partial charge on any atom is 0.0620 e. The van der Waals surface area contributed by atoms with Crippen molar-refractivity contribution in [2.75, 3.05) is 53.6 Å². The van der Waals surface area contributed by atoms with Crippen molar-refractivity contribution in [3.8, 4) is 0 Å². The quantitative estimate of drug-likeness (QED) is 0.625. The molecule has 2 heterocycles. The summed E-state index contributed by atoms with van der Waals surface area (Å²) in [4.78, 5) is 5.13. The summed E-state index contributed by atoms with van der Waals surface area (Å²) in [6.07, 6.45) is 5.47. The van der Waals surface area contributed by atoms with Gasteiger partial charge in [-0.1, -0.05) is 41.5 Å². The SMILES string of the molecule is CC.COC[C@@H](C(C)C)N1CCCC1.COC[C@H](C(C)C)N1CCCC1. The molecule has 0 aliphatic carbocycles. The number of ether oxygens (including phenoxy) is 2. The summed E-state index contributed by atoms with van der Waals surface area (Å²) >= 11 is 0. The first-order valence-electron chi connectivity index (χ1n) is 11.0. The summed E-state index contributed by atoms with van der Waals surface area (Å²) in [6.45, 7) is 20.0. The Balaban J connectivity index is 0.000000439. The number of nitrogens with zero attached hydrogens (tertiary/aromatic N) is 2. The van der Waals surface area contributed by atoms with Crippen LogP contribution in [0.3, 0.4) is 0 Å². The van der Waals surface area contributed by atoms with E-state index in [4.69, 9.17) is 9.47 Å². The third kappa shape index (κ3) is 9.68. The summed E-state index contributed by atoms with van der Waals surface area (Å²) in [5.41, 5.74) is 0. The van der Waals surface area contributed by atoms with Crippen LogP contribution in [0.5, 0.6) is 0 Å². The van der Waals surface area contributed by atoms with E-state index < -0.39 is 0 Å². The molecule has 158 valence electrons. The van der Waals surface area contributed by atoms with Crippen molar-refractivity contribution in [1.82, 2.24) is 9.80 Å². The van der Waals surface area contributed by atoms with Crippen LogP contribution in [0.2, 0.25) is 0 Å². The lowest BCUT2D eigenvalue weighted by Crippen LogP contribution is -2.40. The molecule has 2 atom stereocenters. The van der Waals surface area contributed by atoms with Crippen molar-refractivity contribution >= 4 is 0 Å². The second-order valence-corrected chi connectivity index (χ2v) is 8.02. The first kappa shape index (κ1) is 25.8. The fourth-order valence-corrected chi connectivity index (χ4v) is 3.93. The molecule has 2 rings (SSSR count). The molecule has 0 bridgehead atoms. The fraction of sp³-hybridized carbons (Fsp3) is 1.00. The van der Waals surface area contributed by atoms with E-state index in [-0.39, 0.29) is 0 Å². The van der Waals surface area contributed by atoms with Crippen molar-refractivity contribution in [3.63, 3.8) is 0 Å². The van der Waals surface area contributed by atoms with Gasteiger partial charge in [-0.15, -0.1) is 0 Å². The Kier molecular flexibility index (Phi) is 15.8. The molecular weight excluding hydrogens is 324 g/mol. The van der Waals surface area contributed by atoms with Crippen LogP contribution in [0, 0.1) is 11.8 Å². The van der Waals surface area contributed by atoms with Crippen LogP contribution in [0.25, 0.3) is 0 Å². The molecule has 0 spiro atoms. The van der Waals surface area contributed by atoms with E-state index in [0.29, 0.717) is 23.9 Å².